The maximum absolute atomic E-state index is 13.0. The molecule has 5 heteroatoms. The van der Waals surface area contributed by atoms with Crippen molar-refractivity contribution in [3.05, 3.63) is 29.3 Å². The normalized spacial score (nSPS) is 11.2. The number of carbonyl (C=O) groups is 1. The van der Waals surface area contributed by atoms with Crippen LogP contribution in [0.2, 0.25) is 0 Å². The van der Waals surface area contributed by atoms with Gasteiger partial charge in [-0.3, -0.25) is 0 Å². The van der Waals surface area contributed by atoms with Crippen LogP contribution in [-0.2, 0) is 11.2 Å². The summed E-state index contributed by atoms with van der Waals surface area (Å²) in [7, 11) is 1.37. The fourth-order valence-electron chi connectivity index (χ4n) is 1.46. The van der Waals surface area contributed by atoms with Crippen LogP contribution in [0.1, 0.15) is 11.1 Å². The largest absolute Gasteiger partial charge is 0.496 e. The average molecular weight is 230 g/mol. The molecule has 0 heterocycles. The minimum absolute atomic E-state index is 0.190. The van der Waals surface area contributed by atoms with E-state index in [1.165, 1.54) is 13.2 Å². The molecule has 1 rings (SSSR count). The molecule has 0 bridgehead atoms. The first-order chi connectivity index (χ1) is 7.38. The van der Waals surface area contributed by atoms with Gasteiger partial charge in [0.2, 0.25) is 0 Å². The number of ether oxygens (including phenoxy) is 1. The van der Waals surface area contributed by atoms with Crippen LogP contribution in [0.4, 0.5) is 8.78 Å². The third-order valence-electron chi connectivity index (χ3n) is 2.22. The summed E-state index contributed by atoms with van der Waals surface area (Å²) in [6.07, 6.45) is -0.868. The van der Waals surface area contributed by atoms with Gasteiger partial charge in [-0.25, -0.2) is 4.79 Å². The third-order valence-corrected chi connectivity index (χ3v) is 2.22. The van der Waals surface area contributed by atoms with Crippen LogP contribution >= 0.6 is 0 Å². The lowest BCUT2D eigenvalue weighted by atomic mass is 10.0. The molecule has 0 saturated carbocycles. The van der Waals surface area contributed by atoms with Crippen molar-refractivity contribution in [1.29, 1.82) is 0 Å². The molecule has 0 spiro atoms. The summed E-state index contributed by atoms with van der Waals surface area (Å²) in [5, 5.41) is 8.34. The number of benzene rings is 1. The summed E-state index contributed by atoms with van der Waals surface area (Å²) in [6, 6.07) is 4.73. The summed E-state index contributed by atoms with van der Waals surface area (Å²) in [6.45, 7) is 1.71. The topological polar surface area (TPSA) is 46.5 Å². The first kappa shape index (κ1) is 12.4. The predicted octanol–water partition coefficient (Wildman–Crippen LogP) is 2.27. The van der Waals surface area contributed by atoms with Gasteiger partial charge in [0.1, 0.15) is 5.75 Å². The molecule has 1 N–H and O–H groups in total. The number of alkyl halides is 2. The fourth-order valence-corrected chi connectivity index (χ4v) is 1.46. The highest BCUT2D eigenvalue weighted by Crippen LogP contribution is 2.29. The molecule has 0 fully saturated rings. The summed E-state index contributed by atoms with van der Waals surface area (Å²) in [5.74, 6) is -5.60. The Morgan fingerprint density at radius 3 is 2.62 bits per heavy atom. The van der Waals surface area contributed by atoms with E-state index >= 15 is 0 Å². The van der Waals surface area contributed by atoms with Crippen molar-refractivity contribution in [1.82, 2.24) is 0 Å². The molecular formula is C11H12F2O3. The standard InChI is InChI=1S/C11H12F2O3/c1-7-4-3-5-8(9(7)16-2)6-11(12,13)10(14)15/h3-5H,6H2,1-2H3,(H,14,15). The zero-order valence-electron chi connectivity index (χ0n) is 8.96. The lowest BCUT2D eigenvalue weighted by Crippen LogP contribution is -2.30. The highest BCUT2D eigenvalue weighted by Gasteiger charge is 2.39. The van der Waals surface area contributed by atoms with Crippen LogP contribution in [0, 0.1) is 6.92 Å². The van der Waals surface area contributed by atoms with Crippen molar-refractivity contribution in [2.75, 3.05) is 7.11 Å². The first-order valence-electron chi connectivity index (χ1n) is 4.62. The van der Waals surface area contributed by atoms with Crippen LogP contribution < -0.4 is 4.74 Å². The average Bonchev–Trinajstić information content (AvgIpc) is 2.17. The van der Waals surface area contributed by atoms with Crippen molar-refractivity contribution >= 4 is 5.97 Å². The Hall–Kier alpha value is -1.65. The first-order valence-corrected chi connectivity index (χ1v) is 4.62. The summed E-state index contributed by atoms with van der Waals surface area (Å²) in [5.41, 5.74) is 0.885. The van der Waals surface area contributed by atoms with Gasteiger partial charge in [0, 0.05) is 5.56 Å². The van der Waals surface area contributed by atoms with Gasteiger partial charge in [-0.05, 0) is 12.5 Å². The molecular weight excluding hydrogens is 218 g/mol. The van der Waals surface area contributed by atoms with Gasteiger partial charge in [0.15, 0.2) is 0 Å². The maximum Gasteiger partial charge on any atom is 0.374 e. The molecule has 1 aromatic rings. The van der Waals surface area contributed by atoms with E-state index in [1.807, 2.05) is 0 Å². The number of methoxy groups -OCH3 is 1. The highest BCUT2D eigenvalue weighted by atomic mass is 19.3. The van der Waals surface area contributed by atoms with E-state index < -0.39 is 18.3 Å². The fraction of sp³-hybridized carbons (Fsp3) is 0.364. The quantitative estimate of drug-likeness (QED) is 0.863. The molecule has 88 valence electrons. The lowest BCUT2D eigenvalue weighted by Gasteiger charge is -2.15. The number of carboxylic acid groups (broad SMARTS) is 1. The molecule has 0 aromatic heterocycles. The lowest BCUT2D eigenvalue weighted by molar-refractivity contribution is -0.164. The molecule has 0 saturated heterocycles. The number of rotatable bonds is 4. The van der Waals surface area contributed by atoms with Crippen molar-refractivity contribution in [2.24, 2.45) is 0 Å². The van der Waals surface area contributed by atoms with E-state index in [4.69, 9.17) is 9.84 Å². The van der Waals surface area contributed by atoms with E-state index in [2.05, 4.69) is 0 Å². The van der Waals surface area contributed by atoms with Gasteiger partial charge in [-0.1, -0.05) is 18.2 Å². The second kappa shape index (κ2) is 4.47. The SMILES string of the molecule is COc1c(C)cccc1CC(F)(F)C(=O)O. The number of aryl methyl sites for hydroxylation is 1. The Bertz CT molecular complexity index is 402. The number of aliphatic carboxylic acids is 1. The van der Waals surface area contributed by atoms with Crippen LogP contribution in [0.3, 0.4) is 0 Å². The molecule has 0 aliphatic carbocycles. The second-order valence-corrected chi connectivity index (χ2v) is 3.45. The molecule has 0 aliphatic heterocycles. The number of para-hydroxylation sites is 1. The van der Waals surface area contributed by atoms with Crippen molar-refractivity contribution < 1.29 is 23.4 Å². The molecule has 0 amide bonds. The maximum atomic E-state index is 13.0. The van der Waals surface area contributed by atoms with E-state index in [0.29, 0.717) is 11.3 Å². The van der Waals surface area contributed by atoms with Crippen molar-refractivity contribution in [3.8, 4) is 5.75 Å². The molecule has 1 aromatic carbocycles. The van der Waals surface area contributed by atoms with E-state index in [9.17, 15) is 13.6 Å². The number of hydrogen-bond acceptors (Lipinski definition) is 2. The Labute approximate surface area is 91.7 Å². The monoisotopic (exact) mass is 230 g/mol. The molecule has 0 atom stereocenters. The van der Waals surface area contributed by atoms with Crippen molar-refractivity contribution in [3.63, 3.8) is 0 Å². The van der Waals surface area contributed by atoms with Crippen LogP contribution in [0.5, 0.6) is 5.75 Å². The Balaban J connectivity index is 3.06. The zero-order valence-corrected chi connectivity index (χ0v) is 8.96. The number of carboxylic acids is 1. The number of halogens is 2. The molecule has 16 heavy (non-hydrogen) atoms. The minimum Gasteiger partial charge on any atom is -0.496 e. The van der Waals surface area contributed by atoms with E-state index in [-0.39, 0.29) is 5.56 Å². The van der Waals surface area contributed by atoms with Gasteiger partial charge in [-0.2, -0.15) is 8.78 Å². The smallest absolute Gasteiger partial charge is 0.374 e. The van der Waals surface area contributed by atoms with Gasteiger partial charge in [0.25, 0.3) is 0 Å². The van der Waals surface area contributed by atoms with Gasteiger partial charge < -0.3 is 9.84 Å². The third kappa shape index (κ3) is 2.48. The molecule has 0 radical (unpaired) electrons. The van der Waals surface area contributed by atoms with E-state index in [1.54, 1.807) is 19.1 Å². The van der Waals surface area contributed by atoms with Gasteiger partial charge >= 0.3 is 11.9 Å². The number of hydrogen-bond donors (Lipinski definition) is 1. The van der Waals surface area contributed by atoms with Crippen molar-refractivity contribution in [2.45, 2.75) is 19.3 Å². The van der Waals surface area contributed by atoms with E-state index in [0.717, 1.165) is 0 Å². The molecule has 0 unspecified atom stereocenters. The van der Waals surface area contributed by atoms with Gasteiger partial charge in [0.05, 0.1) is 13.5 Å². The zero-order chi connectivity index (χ0) is 12.3. The molecule has 3 nitrogen and oxygen atoms in total. The van der Waals surface area contributed by atoms with Crippen LogP contribution in [0.15, 0.2) is 18.2 Å². The Morgan fingerprint density at radius 2 is 2.12 bits per heavy atom. The van der Waals surface area contributed by atoms with Gasteiger partial charge in [-0.15, -0.1) is 0 Å². The van der Waals surface area contributed by atoms with Crippen LogP contribution in [0.25, 0.3) is 0 Å². The molecule has 0 aliphatic rings. The Kier molecular flexibility index (Phi) is 3.47. The Morgan fingerprint density at radius 1 is 1.50 bits per heavy atom. The minimum atomic E-state index is -3.78. The highest BCUT2D eigenvalue weighted by molar-refractivity contribution is 5.75. The van der Waals surface area contributed by atoms with Crippen LogP contribution in [-0.4, -0.2) is 24.1 Å². The predicted molar refractivity (Wildman–Crippen MR) is 54.0 cm³/mol. The summed E-state index contributed by atoms with van der Waals surface area (Å²) < 4.78 is 31.0. The second-order valence-electron chi connectivity index (χ2n) is 3.45. The summed E-state index contributed by atoms with van der Waals surface area (Å²) >= 11 is 0. The summed E-state index contributed by atoms with van der Waals surface area (Å²) in [4.78, 5) is 10.3.